The lowest BCUT2D eigenvalue weighted by molar-refractivity contribution is 1.11. The van der Waals surface area contributed by atoms with E-state index in [-0.39, 0.29) is 0 Å². The number of imidazole rings is 1. The van der Waals surface area contributed by atoms with Gasteiger partial charge in [0.05, 0.1) is 11.9 Å². The van der Waals surface area contributed by atoms with Crippen molar-refractivity contribution in [3.63, 3.8) is 0 Å². The fraction of sp³-hybridized carbons (Fsp3) is 0.0769. The Balaban J connectivity index is 1.95. The van der Waals surface area contributed by atoms with Crippen molar-refractivity contribution >= 4 is 5.65 Å². The van der Waals surface area contributed by atoms with Crippen molar-refractivity contribution in [3.8, 4) is 0 Å². The number of hydrogen-bond donors (Lipinski definition) is 0. The molecule has 0 aliphatic rings. The molecule has 3 nitrogen and oxygen atoms in total. The molecule has 3 rings (SSSR count). The maximum absolute atomic E-state index is 4.51. The first-order valence-corrected chi connectivity index (χ1v) is 5.23. The Bertz CT molecular complexity index is 566. The van der Waals surface area contributed by atoms with E-state index < -0.39 is 0 Å². The number of fused-ring (bicyclic) bond motifs is 1. The molecule has 16 heavy (non-hydrogen) atoms. The second-order valence-electron chi connectivity index (χ2n) is 3.74. The molecule has 0 aliphatic carbocycles. The van der Waals surface area contributed by atoms with E-state index in [4.69, 9.17) is 0 Å². The quantitative estimate of drug-likeness (QED) is 0.648. The summed E-state index contributed by atoms with van der Waals surface area (Å²) in [4.78, 5) is 8.56. The van der Waals surface area contributed by atoms with Gasteiger partial charge in [-0.15, -0.1) is 0 Å². The third-order valence-corrected chi connectivity index (χ3v) is 2.54. The molecule has 0 aliphatic heterocycles. The molecule has 0 saturated carbocycles. The Hall–Kier alpha value is -2.16. The zero-order chi connectivity index (χ0) is 10.8. The van der Waals surface area contributed by atoms with Gasteiger partial charge < -0.3 is 4.40 Å². The van der Waals surface area contributed by atoms with Crippen molar-refractivity contribution in [2.45, 2.75) is 6.42 Å². The van der Waals surface area contributed by atoms with Gasteiger partial charge in [-0.05, 0) is 5.56 Å². The molecular formula is C13H11N3. The number of rotatable bonds is 2. The molecule has 1 aromatic carbocycles. The van der Waals surface area contributed by atoms with E-state index in [0.29, 0.717) is 0 Å². The molecule has 0 amide bonds. The third-order valence-electron chi connectivity index (χ3n) is 2.54. The molecule has 0 fully saturated rings. The summed E-state index contributed by atoms with van der Waals surface area (Å²) in [6.07, 6.45) is 8.36. The molecule has 2 heterocycles. The van der Waals surface area contributed by atoms with E-state index >= 15 is 0 Å². The highest BCUT2D eigenvalue weighted by Gasteiger charge is 2.01. The van der Waals surface area contributed by atoms with Crippen molar-refractivity contribution in [2.75, 3.05) is 0 Å². The van der Waals surface area contributed by atoms with Gasteiger partial charge in [0.15, 0.2) is 5.65 Å². The van der Waals surface area contributed by atoms with Crippen LogP contribution in [0.15, 0.2) is 55.1 Å². The molecule has 78 valence electrons. The molecule has 2 aromatic heterocycles. The second kappa shape index (κ2) is 3.77. The molecule has 0 saturated heterocycles. The summed E-state index contributed by atoms with van der Waals surface area (Å²) < 4.78 is 1.99. The predicted molar refractivity (Wildman–Crippen MR) is 62.2 cm³/mol. The first kappa shape index (κ1) is 9.09. The summed E-state index contributed by atoms with van der Waals surface area (Å²) in [5, 5.41) is 0. The lowest BCUT2D eigenvalue weighted by atomic mass is 10.1. The summed E-state index contributed by atoms with van der Waals surface area (Å²) in [6, 6.07) is 10.3. The van der Waals surface area contributed by atoms with Crippen LogP contribution < -0.4 is 0 Å². The van der Waals surface area contributed by atoms with E-state index in [1.165, 1.54) is 5.56 Å². The monoisotopic (exact) mass is 209 g/mol. The molecular weight excluding hydrogens is 198 g/mol. The highest BCUT2D eigenvalue weighted by molar-refractivity contribution is 5.37. The van der Waals surface area contributed by atoms with Crippen molar-refractivity contribution < 1.29 is 0 Å². The zero-order valence-corrected chi connectivity index (χ0v) is 8.74. The zero-order valence-electron chi connectivity index (χ0n) is 8.74. The smallest absolute Gasteiger partial charge is 0.155 e. The van der Waals surface area contributed by atoms with E-state index in [1.54, 1.807) is 12.4 Å². The number of benzene rings is 1. The number of hydrogen-bond acceptors (Lipinski definition) is 2. The minimum Gasteiger partial charge on any atom is -0.304 e. The van der Waals surface area contributed by atoms with Crippen LogP contribution in [0.2, 0.25) is 0 Å². The Morgan fingerprint density at radius 2 is 2.00 bits per heavy atom. The van der Waals surface area contributed by atoms with Crippen LogP contribution in [0.3, 0.4) is 0 Å². The van der Waals surface area contributed by atoms with Crippen molar-refractivity contribution in [3.05, 3.63) is 66.4 Å². The largest absolute Gasteiger partial charge is 0.304 e. The van der Waals surface area contributed by atoms with Crippen LogP contribution in [0, 0.1) is 0 Å². The molecule has 3 heteroatoms. The van der Waals surface area contributed by atoms with E-state index in [1.807, 2.05) is 35.0 Å². The van der Waals surface area contributed by atoms with E-state index in [0.717, 1.165) is 17.8 Å². The van der Waals surface area contributed by atoms with Gasteiger partial charge >= 0.3 is 0 Å². The second-order valence-corrected chi connectivity index (χ2v) is 3.74. The minimum atomic E-state index is 0.864. The maximum atomic E-state index is 4.51. The van der Waals surface area contributed by atoms with Gasteiger partial charge in [-0.3, -0.25) is 4.98 Å². The fourth-order valence-electron chi connectivity index (χ4n) is 1.79. The summed E-state index contributed by atoms with van der Waals surface area (Å²) >= 11 is 0. The topological polar surface area (TPSA) is 30.2 Å². The SMILES string of the molecule is c1ccc(Cc2cn3ccncc3n2)cc1. The van der Waals surface area contributed by atoms with Gasteiger partial charge in [-0.25, -0.2) is 4.98 Å². The van der Waals surface area contributed by atoms with Crippen LogP contribution in [0.5, 0.6) is 0 Å². The van der Waals surface area contributed by atoms with Gasteiger partial charge in [0.1, 0.15) is 0 Å². The van der Waals surface area contributed by atoms with Crippen LogP contribution in [0.4, 0.5) is 0 Å². The molecule has 0 radical (unpaired) electrons. The minimum absolute atomic E-state index is 0.864. The molecule has 0 spiro atoms. The summed E-state index contributed by atoms with van der Waals surface area (Å²) in [6.45, 7) is 0. The summed E-state index contributed by atoms with van der Waals surface area (Å²) in [5.74, 6) is 0. The molecule has 3 aromatic rings. The van der Waals surface area contributed by atoms with Crippen LogP contribution in [-0.2, 0) is 6.42 Å². The first-order valence-electron chi connectivity index (χ1n) is 5.23. The molecule has 0 unspecified atom stereocenters. The average molecular weight is 209 g/mol. The molecule has 0 N–H and O–H groups in total. The Kier molecular flexibility index (Phi) is 2.14. The predicted octanol–water partition coefficient (Wildman–Crippen LogP) is 2.32. The van der Waals surface area contributed by atoms with Crippen LogP contribution >= 0.6 is 0 Å². The normalized spacial score (nSPS) is 10.8. The van der Waals surface area contributed by atoms with Gasteiger partial charge in [0.25, 0.3) is 0 Å². The molecule has 0 bridgehead atoms. The summed E-state index contributed by atoms with van der Waals surface area (Å²) in [5.41, 5.74) is 3.24. The molecule has 0 atom stereocenters. The van der Waals surface area contributed by atoms with Crippen LogP contribution in [-0.4, -0.2) is 14.4 Å². The number of nitrogens with zero attached hydrogens (tertiary/aromatic N) is 3. The van der Waals surface area contributed by atoms with Crippen molar-refractivity contribution in [1.29, 1.82) is 0 Å². The number of aromatic nitrogens is 3. The third kappa shape index (κ3) is 1.67. The average Bonchev–Trinajstić information content (AvgIpc) is 2.72. The van der Waals surface area contributed by atoms with Crippen molar-refractivity contribution in [1.82, 2.24) is 14.4 Å². The Morgan fingerprint density at radius 1 is 1.12 bits per heavy atom. The summed E-state index contributed by atoms with van der Waals surface area (Å²) in [7, 11) is 0. The fourth-order valence-corrected chi connectivity index (χ4v) is 1.79. The van der Waals surface area contributed by atoms with E-state index in [2.05, 4.69) is 22.1 Å². The maximum Gasteiger partial charge on any atom is 0.155 e. The van der Waals surface area contributed by atoms with Gasteiger partial charge in [0, 0.05) is 25.0 Å². The lowest BCUT2D eigenvalue weighted by Crippen LogP contribution is -1.86. The van der Waals surface area contributed by atoms with Gasteiger partial charge in [-0.2, -0.15) is 0 Å². The van der Waals surface area contributed by atoms with Crippen molar-refractivity contribution in [2.24, 2.45) is 0 Å². The van der Waals surface area contributed by atoms with E-state index in [9.17, 15) is 0 Å². The van der Waals surface area contributed by atoms with Crippen LogP contribution in [0.25, 0.3) is 5.65 Å². The highest BCUT2D eigenvalue weighted by atomic mass is 15.0. The highest BCUT2D eigenvalue weighted by Crippen LogP contribution is 2.09. The standard InChI is InChI=1S/C13H11N3/c1-2-4-11(5-3-1)8-12-10-16-7-6-14-9-13(16)15-12/h1-7,9-10H,8H2. The Labute approximate surface area is 93.4 Å². The van der Waals surface area contributed by atoms with Gasteiger partial charge in [0.2, 0.25) is 0 Å². The lowest BCUT2D eigenvalue weighted by Gasteiger charge is -1.95. The van der Waals surface area contributed by atoms with Gasteiger partial charge in [-0.1, -0.05) is 30.3 Å². The Morgan fingerprint density at radius 3 is 2.81 bits per heavy atom. The van der Waals surface area contributed by atoms with Crippen LogP contribution in [0.1, 0.15) is 11.3 Å². The first-order chi connectivity index (χ1) is 7.92.